The Morgan fingerprint density at radius 3 is 2.54 bits per heavy atom. The number of likely N-dealkylation sites (tertiary alicyclic amines) is 1. The van der Waals surface area contributed by atoms with Crippen molar-refractivity contribution in [3.63, 3.8) is 0 Å². The molecule has 2 aliphatic rings. The van der Waals surface area contributed by atoms with Crippen LogP contribution in [-0.2, 0) is 20.8 Å². The van der Waals surface area contributed by atoms with E-state index >= 15 is 0 Å². The van der Waals surface area contributed by atoms with Crippen LogP contribution in [0.25, 0.3) is 0 Å². The van der Waals surface area contributed by atoms with Gasteiger partial charge in [-0.25, -0.2) is 0 Å². The van der Waals surface area contributed by atoms with E-state index in [0.717, 1.165) is 18.4 Å². The minimum Gasteiger partial charge on any atom is -0.493 e. The van der Waals surface area contributed by atoms with Crippen LogP contribution in [0.15, 0.2) is 18.2 Å². The van der Waals surface area contributed by atoms with Gasteiger partial charge in [-0.1, -0.05) is 6.07 Å². The predicted molar refractivity (Wildman–Crippen MR) is 100 cm³/mol. The Kier molecular flexibility index (Phi) is 6.06. The first-order chi connectivity index (χ1) is 13.4. The van der Waals surface area contributed by atoms with Crippen LogP contribution < -0.4 is 9.47 Å². The molecule has 1 N–H and O–H groups in total. The lowest BCUT2D eigenvalue weighted by molar-refractivity contribution is -0.146. The molecule has 0 spiro atoms. The van der Waals surface area contributed by atoms with Crippen molar-refractivity contribution < 1.29 is 29.0 Å². The van der Waals surface area contributed by atoms with Crippen LogP contribution >= 0.6 is 0 Å². The average Bonchev–Trinajstić information content (AvgIpc) is 3.46. The molecule has 1 aliphatic carbocycles. The number of ether oxygens (including phenoxy) is 2. The van der Waals surface area contributed by atoms with Crippen LogP contribution in [0.4, 0.5) is 0 Å². The maximum atomic E-state index is 12.7. The van der Waals surface area contributed by atoms with Crippen LogP contribution in [0.3, 0.4) is 0 Å². The lowest BCUT2D eigenvalue weighted by Crippen LogP contribution is -2.42. The summed E-state index contributed by atoms with van der Waals surface area (Å²) in [6.45, 7) is 0.550. The van der Waals surface area contributed by atoms with E-state index in [1.807, 2.05) is 18.2 Å². The summed E-state index contributed by atoms with van der Waals surface area (Å²) < 4.78 is 10.5. The minimum absolute atomic E-state index is 0.0134. The molecule has 2 amide bonds. The predicted octanol–water partition coefficient (Wildman–Crippen LogP) is 1.17. The highest BCUT2D eigenvalue weighted by atomic mass is 16.5. The van der Waals surface area contributed by atoms with Crippen LogP contribution in [0.5, 0.6) is 11.5 Å². The van der Waals surface area contributed by atoms with Gasteiger partial charge >= 0.3 is 5.97 Å². The number of amides is 2. The van der Waals surface area contributed by atoms with Gasteiger partial charge in [0.1, 0.15) is 6.54 Å². The van der Waals surface area contributed by atoms with Crippen LogP contribution in [-0.4, -0.2) is 72.6 Å². The Morgan fingerprint density at radius 2 is 1.93 bits per heavy atom. The molecule has 152 valence electrons. The monoisotopic (exact) mass is 390 g/mol. The fourth-order valence-corrected chi connectivity index (χ4v) is 3.61. The highest BCUT2D eigenvalue weighted by Gasteiger charge is 2.41. The second-order valence-electron chi connectivity index (χ2n) is 7.27. The van der Waals surface area contributed by atoms with Gasteiger partial charge in [-0.05, 0) is 37.0 Å². The molecule has 1 unspecified atom stereocenters. The third kappa shape index (κ3) is 4.55. The van der Waals surface area contributed by atoms with Crippen LogP contribution in [0.1, 0.15) is 24.8 Å². The maximum Gasteiger partial charge on any atom is 0.323 e. The van der Waals surface area contributed by atoms with Crippen molar-refractivity contribution in [2.45, 2.75) is 31.7 Å². The number of aliphatic carboxylic acids is 1. The molecule has 0 bridgehead atoms. The second-order valence-corrected chi connectivity index (χ2v) is 7.27. The van der Waals surface area contributed by atoms with Gasteiger partial charge in [0, 0.05) is 25.6 Å². The summed E-state index contributed by atoms with van der Waals surface area (Å²) in [5.74, 6) is -0.480. The molecule has 8 nitrogen and oxygen atoms in total. The number of hydrogen-bond acceptors (Lipinski definition) is 5. The molecule has 8 heteroatoms. The second kappa shape index (κ2) is 8.50. The van der Waals surface area contributed by atoms with Gasteiger partial charge in [-0.15, -0.1) is 0 Å². The van der Waals surface area contributed by atoms with Crippen molar-refractivity contribution in [3.05, 3.63) is 23.8 Å². The molecule has 1 saturated heterocycles. The van der Waals surface area contributed by atoms with Crippen molar-refractivity contribution >= 4 is 17.8 Å². The first-order valence-electron chi connectivity index (χ1n) is 9.44. The topological polar surface area (TPSA) is 96.4 Å². The summed E-state index contributed by atoms with van der Waals surface area (Å²) in [5.41, 5.74) is 1.01. The van der Waals surface area contributed by atoms with E-state index in [9.17, 15) is 14.4 Å². The average molecular weight is 390 g/mol. The Balaban J connectivity index is 1.58. The largest absolute Gasteiger partial charge is 0.493 e. The van der Waals surface area contributed by atoms with E-state index in [0.29, 0.717) is 31.0 Å². The molecule has 1 atom stereocenters. The number of carbonyl (C=O) groups is 3. The van der Waals surface area contributed by atoms with Crippen molar-refractivity contribution in [2.24, 2.45) is 5.92 Å². The first kappa shape index (κ1) is 20.0. The normalized spacial score (nSPS) is 18.9. The van der Waals surface area contributed by atoms with Gasteiger partial charge in [0.05, 0.1) is 20.1 Å². The lowest BCUT2D eigenvalue weighted by Gasteiger charge is -2.24. The fourth-order valence-electron chi connectivity index (χ4n) is 3.61. The molecule has 1 aliphatic heterocycles. The fraction of sp³-hybridized carbons (Fsp3) is 0.550. The minimum atomic E-state index is -1.02. The molecular formula is C20H26N2O6. The van der Waals surface area contributed by atoms with Crippen molar-refractivity contribution in [3.8, 4) is 11.5 Å². The van der Waals surface area contributed by atoms with Gasteiger partial charge in [-0.2, -0.15) is 0 Å². The Morgan fingerprint density at radius 1 is 1.21 bits per heavy atom. The summed E-state index contributed by atoms with van der Waals surface area (Å²) in [4.78, 5) is 39.3. The molecule has 1 aromatic rings. The van der Waals surface area contributed by atoms with E-state index in [1.54, 1.807) is 19.1 Å². The Bertz CT molecular complexity index is 761. The van der Waals surface area contributed by atoms with Gasteiger partial charge < -0.3 is 24.4 Å². The standard InChI is InChI=1S/C20H26N2O6/c1-27-16-6-3-13(9-17(16)28-2)7-8-21-11-14(10-18(21)23)20(26)22(12-19(24)25)15-4-5-15/h3,6,9,14-15H,4-5,7-8,10-12H2,1-2H3,(H,24,25). The number of carbonyl (C=O) groups excluding carboxylic acids is 2. The molecule has 2 fully saturated rings. The lowest BCUT2D eigenvalue weighted by atomic mass is 10.1. The summed E-state index contributed by atoms with van der Waals surface area (Å²) in [7, 11) is 3.15. The number of rotatable bonds is 9. The third-order valence-electron chi connectivity index (χ3n) is 5.26. The molecule has 1 saturated carbocycles. The van der Waals surface area contributed by atoms with Crippen molar-refractivity contribution in [1.82, 2.24) is 9.80 Å². The summed E-state index contributed by atoms with van der Waals surface area (Å²) >= 11 is 0. The number of carboxylic acid groups (broad SMARTS) is 1. The summed E-state index contributed by atoms with van der Waals surface area (Å²) in [6, 6.07) is 5.64. The summed E-state index contributed by atoms with van der Waals surface area (Å²) in [5, 5.41) is 9.06. The van der Waals surface area contributed by atoms with E-state index in [2.05, 4.69) is 0 Å². The van der Waals surface area contributed by atoms with Gasteiger partial charge in [0.15, 0.2) is 11.5 Å². The quantitative estimate of drug-likeness (QED) is 0.680. The van der Waals surface area contributed by atoms with Crippen molar-refractivity contribution in [2.75, 3.05) is 33.9 Å². The molecule has 1 heterocycles. The molecule has 3 rings (SSSR count). The zero-order chi connectivity index (χ0) is 20.3. The van der Waals surface area contributed by atoms with Gasteiger partial charge in [-0.3, -0.25) is 14.4 Å². The summed E-state index contributed by atoms with van der Waals surface area (Å²) in [6.07, 6.45) is 2.45. The number of nitrogens with zero attached hydrogens (tertiary/aromatic N) is 2. The van der Waals surface area contributed by atoms with E-state index < -0.39 is 11.9 Å². The number of benzene rings is 1. The van der Waals surface area contributed by atoms with Crippen LogP contribution in [0.2, 0.25) is 0 Å². The Hall–Kier alpha value is -2.77. The smallest absolute Gasteiger partial charge is 0.323 e. The van der Waals surface area contributed by atoms with E-state index in [1.165, 1.54) is 4.90 Å². The van der Waals surface area contributed by atoms with E-state index in [-0.39, 0.29) is 30.8 Å². The van der Waals surface area contributed by atoms with Gasteiger partial charge in [0.25, 0.3) is 0 Å². The maximum absolute atomic E-state index is 12.7. The van der Waals surface area contributed by atoms with Crippen molar-refractivity contribution in [1.29, 1.82) is 0 Å². The number of methoxy groups -OCH3 is 2. The first-order valence-corrected chi connectivity index (χ1v) is 9.44. The number of hydrogen-bond donors (Lipinski definition) is 1. The highest BCUT2D eigenvalue weighted by molar-refractivity contribution is 5.91. The third-order valence-corrected chi connectivity index (χ3v) is 5.26. The van der Waals surface area contributed by atoms with Crippen LogP contribution in [0, 0.1) is 5.92 Å². The highest BCUT2D eigenvalue weighted by Crippen LogP contribution is 2.31. The molecule has 1 aromatic carbocycles. The molecule has 28 heavy (non-hydrogen) atoms. The van der Waals surface area contributed by atoms with Gasteiger partial charge in [0.2, 0.25) is 11.8 Å². The van der Waals surface area contributed by atoms with E-state index in [4.69, 9.17) is 14.6 Å². The molecule has 0 radical (unpaired) electrons. The SMILES string of the molecule is COc1ccc(CCN2CC(C(=O)N(CC(=O)O)C3CC3)CC2=O)cc1OC. The zero-order valence-corrected chi connectivity index (χ0v) is 16.2. The molecule has 0 aromatic heterocycles. The molecular weight excluding hydrogens is 364 g/mol. The number of carboxylic acids is 1. The Labute approximate surface area is 164 Å². The zero-order valence-electron chi connectivity index (χ0n) is 16.2.